The van der Waals surface area contributed by atoms with Crippen LogP contribution >= 0.6 is 0 Å². The van der Waals surface area contributed by atoms with Crippen LogP contribution in [0.2, 0.25) is 0 Å². The molecule has 0 bridgehead atoms. The van der Waals surface area contributed by atoms with Crippen LogP contribution in [0, 0.1) is 6.92 Å². The number of benzene rings is 2. The number of nitrogens with one attached hydrogen (secondary N) is 1. The molecule has 1 N–H and O–H groups in total. The monoisotopic (exact) mass is 253 g/mol. The fourth-order valence-corrected chi connectivity index (χ4v) is 2.75. The van der Waals surface area contributed by atoms with E-state index in [9.17, 15) is 0 Å². The van der Waals surface area contributed by atoms with Crippen molar-refractivity contribution in [1.29, 1.82) is 0 Å². The third kappa shape index (κ3) is 2.42. The number of ether oxygens (including phenoxy) is 1. The minimum atomic E-state index is 0.241. The van der Waals surface area contributed by atoms with E-state index in [1.807, 2.05) is 7.05 Å². The van der Waals surface area contributed by atoms with Crippen LogP contribution < -0.4 is 5.32 Å². The van der Waals surface area contributed by atoms with Crippen molar-refractivity contribution in [3.8, 4) is 0 Å². The van der Waals surface area contributed by atoms with E-state index in [0.717, 1.165) is 13.2 Å². The van der Waals surface area contributed by atoms with Gasteiger partial charge in [0.25, 0.3) is 0 Å². The molecule has 0 aromatic heterocycles. The summed E-state index contributed by atoms with van der Waals surface area (Å²) in [6, 6.07) is 15.6. The Labute approximate surface area is 114 Å². The molecule has 98 valence electrons. The number of aryl methyl sites for hydroxylation is 1. The minimum absolute atomic E-state index is 0.241. The molecule has 0 radical (unpaired) electrons. The van der Waals surface area contributed by atoms with Gasteiger partial charge in [-0.1, -0.05) is 48.0 Å². The van der Waals surface area contributed by atoms with Gasteiger partial charge in [0.05, 0.1) is 19.3 Å². The predicted molar refractivity (Wildman–Crippen MR) is 77.0 cm³/mol. The van der Waals surface area contributed by atoms with Crippen molar-refractivity contribution < 1.29 is 4.74 Å². The van der Waals surface area contributed by atoms with Crippen LogP contribution in [0.15, 0.2) is 42.5 Å². The molecule has 0 aliphatic carbocycles. The average molecular weight is 253 g/mol. The highest BCUT2D eigenvalue weighted by Crippen LogP contribution is 2.27. The third-order valence-electron chi connectivity index (χ3n) is 3.74. The first kappa shape index (κ1) is 12.4. The van der Waals surface area contributed by atoms with E-state index in [1.54, 1.807) is 0 Å². The number of hydrogen-bond donors (Lipinski definition) is 1. The Morgan fingerprint density at radius 2 is 1.79 bits per heavy atom. The van der Waals surface area contributed by atoms with E-state index in [2.05, 4.69) is 54.7 Å². The maximum absolute atomic E-state index is 5.49. The van der Waals surface area contributed by atoms with Gasteiger partial charge >= 0.3 is 0 Å². The molecule has 1 aliphatic heterocycles. The second-order valence-electron chi connectivity index (χ2n) is 5.16. The highest BCUT2D eigenvalue weighted by Gasteiger charge is 2.16. The maximum Gasteiger partial charge on any atom is 0.0725 e. The van der Waals surface area contributed by atoms with Crippen molar-refractivity contribution in [3.05, 3.63) is 70.3 Å². The SMILES string of the molecule is CNC(c1cccc(C)c1)c1ccc2c(c1)COC2. The van der Waals surface area contributed by atoms with E-state index < -0.39 is 0 Å². The molecule has 1 heterocycles. The number of rotatable bonds is 3. The van der Waals surface area contributed by atoms with Gasteiger partial charge in [0.2, 0.25) is 0 Å². The number of hydrogen-bond acceptors (Lipinski definition) is 2. The standard InChI is InChI=1S/C17H19NO/c1-12-4-3-5-13(8-12)17(18-2)14-6-7-15-10-19-11-16(15)9-14/h3-9,17-18H,10-11H2,1-2H3. The van der Waals surface area contributed by atoms with Crippen LogP contribution in [0.4, 0.5) is 0 Å². The molecule has 2 aromatic rings. The molecule has 2 aromatic carbocycles. The summed E-state index contributed by atoms with van der Waals surface area (Å²) in [6.45, 7) is 3.63. The summed E-state index contributed by atoms with van der Waals surface area (Å²) >= 11 is 0. The summed E-state index contributed by atoms with van der Waals surface area (Å²) in [6.07, 6.45) is 0. The van der Waals surface area contributed by atoms with Gasteiger partial charge in [0.15, 0.2) is 0 Å². The van der Waals surface area contributed by atoms with Crippen molar-refractivity contribution >= 4 is 0 Å². The van der Waals surface area contributed by atoms with Gasteiger partial charge in [0, 0.05) is 0 Å². The van der Waals surface area contributed by atoms with E-state index in [1.165, 1.54) is 27.8 Å². The van der Waals surface area contributed by atoms with Crippen molar-refractivity contribution in [2.45, 2.75) is 26.2 Å². The highest BCUT2D eigenvalue weighted by atomic mass is 16.5. The Balaban J connectivity index is 1.98. The zero-order valence-corrected chi connectivity index (χ0v) is 11.4. The number of fused-ring (bicyclic) bond motifs is 1. The van der Waals surface area contributed by atoms with E-state index in [0.29, 0.717) is 0 Å². The van der Waals surface area contributed by atoms with Crippen LogP contribution in [-0.4, -0.2) is 7.05 Å². The Morgan fingerprint density at radius 3 is 2.58 bits per heavy atom. The Bertz CT molecular complexity index is 592. The first-order chi connectivity index (χ1) is 9.28. The summed E-state index contributed by atoms with van der Waals surface area (Å²) < 4.78 is 5.49. The van der Waals surface area contributed by atoms with Crippen molar-refractivity contribution in [3.63, 3.8) is 0 Å². The summed E-state index contributed by atoms with van der Waals surface area (Å²) in [4.78, 5) is 0. The molecule has 0 amide bonds. The molecule has 0 spiro atoms. The molecule has 1 unspecified atom stereocenters. The summed E-state index contributed by atoms with van der Waals surface area (Å²) in [5.41, 5.74) is 6.55. The molecule has 0 fully saturated rings. The fraction of sp³-hybridized carbons (Fsp3) is 0.294. The normalized spacial score (nSPS) is 15.3. The van der Waals surface area contributed by atoms with Crippen LogP contribution in [0.5, 0.6) is 0 Å². The smallest absolute Gasteiger partial charge is 0.0725 e. The summed E-state index contributed by atoms with van der Waals surface area (Å²) in [5, 5.41) is 3.41. The lowest BCUT2D eigenvalue weighted by Gasteiger charge is -2.18. The Hall–Kier alpha value is -1.64. The van der Waals surface area contributed by atoms with E-state index in [4.69, 9.17) is 4.74 Å². The van der Waals surface area contributed by atoms with Gasteiger partial charge in [-0.15, -0.1) is 0 Å². The lowest BCUT2D eigenvalue weighted by Crippen LogP contribution is -2.18. The molecule has 2 nitrogen and oxygen atoms in total. The zero-order valence-electron chi connectivity index (χ0n) is 11.4. The maximum atomic E-state index is 5.49. The predicted octanol–water partition coefficient (Wildman–Crippen LogP) is 3.33. The van der Waals surface area contributed by atoms with Crippen molar-refractivity contribution in [1.82, 2.24) is 5.32 Å². The molecule has 3 rings (SSSR count). The second-order valence-corrected chi connectivity index (χ2v) is 5.16. The minimum Gasteiger partial charge on any atom is -0.372 e. The Kier molecular flexibility index (Phi) is 3.36. The van der Waals surface area contributed by atoms with Crippen LogP contribution in [-0.2, 0) is 18.0 Å². The lowest BCUT2D eigenvalue weighted by molar-refractivity contribution is 0.134. The largest absolute Gasteiger partial charge is 0.372 e. The van der Waals surface area contributed by atoms with Crippen LogP contribution in [0.1, 0.15) is 33.9 Å². The third-order valence-corrected chi connectivity index (χ3v) is 3.74. The molecule has 0 saturated heterocycles. The van der Waals surface area contributed by atoms with Gasteiger partial charge in [0.1, 0.15) is 0 Å². The van der Waals surface area contributed by atoms with Crippen molar-refractivity contribution in [2.75, 3.05) is 7.05 Å². The van der Waals surface area contributed by atoms with Gasteiger partial charge < -0.3 is 10.1 Å². The molecule has 1 aliphatic rings. The molecule has 19 heavy (non-hydrogen) atoms. The molecule has 2 heteroatoms. The van der Waals surface area contributed by atoms with Crippen molar-refractivity contribution in [2.24, 2.45) is 0 Å². The van der Waals surface area contributed by atoms with Gasteiger partial charge in [-0.3, -0.25) is 0 Å². The van der Waals surface area contributed by atoms with Crippen LogP contribution in [0.3, 0.4) is 0 Å². The summed E-state index contributed by atoms with van der Waals surface area (Å²) in [5.74, 6) is 0. The average Bonchev–Trinajstić information content (AvgIpc) is 2.87. The molecule has 0 saturated carbocycles. The van der Waals surface area contributed by atoms with E-state index in [-0.39, 0.29) is 6.04 Å². The van der Waals surface area contributed by atoms with E-state index >= 15 is 0 Å². The molecular weight excluding hydrogens is 234 g/mol. The molecule has 1 atom stereocenters. The highest BCUT2D eigenvalue weighted by molar-refractivity contribution is 5.39. The lowest BCUT2D eigenvalue weighted by atomic mass is 9.95. The topological polar surface area (TPSA) is 21.3 Å². The van der Waals surface area contributed by atoms with Gasteiger partial charge in [-0.05, 0) is 36.2 Å². The van der Waals surface area contributed by atoms with Gasteiger partial charge in [-0.2, -0.15) is 0 Å². The second kappa shape index (κ2) is 5.16. The van der Waals surface area contributed by atoms with Gasteiger partial charge in [-0.25, -0.2) is 0 Å². The summed E-state index contributed by atoms with van der Waals surface area (Å²) in [7, 11) is 2.01. The quantitative estimate of drug-likeness (QED) is 0.906. The van der Waals surface area contributed by atoms with Crippen LogP contribution in [0.25, 0.3) is 0 Å². The first-order valence-corrected chi connectivity index (χ1v) is 6.71. The molecular formula is C17H19NO. The fourth-order valence-electron chi connectivity index (χ4n) is 2.75. The first-order valence-electron chi connectivity index (χ1n) is 6.71. The Morgan fingerprint density at radius 1 is 1.00 bits per heavy atom. The zero-order chi connectivity index (χ0) is 13.2.